The van der Waals surface area contributed by atoms with Gasteiger partial charge in [-0.2, -0.15) is 0 Å². The fourth-order valence-corrected chi connectivity index (χ4v) is 4.53. The predicted molar refractivity (Wildman–Crippen MR) is 92.6 cm³/mol. The van der Waals surface area contributed by atoms with Crippen molar-refractivity contribution in [2.24, 2.45) is 11.3 Å². The molecule has 3 nitrogen and oxygen atoms in total. The largest absolute Gasteiger partial charge is 0.285 e. The zero-order valence-corrected chi connectivity index (χ0v) is 15.1. The molecule has 3 atom stereocenters. The molecule has 1 saturated heterocycles. The van der Waals surface area contributed by atoms with Gasteiger partial charge in [0.15, 0.2) is 0 Å². The molecule has 3 rings (SSSR count). The molecule has 2 aliphatic rings. The summed E-state index contributed by atoms with van der Waals surface area (Å²) in [5, 5.41) is 0. The van der Waals surface area contributed by atoms with Gasteiger partial charge in [-0.3, -0.25) is 14.5 Å². The second kappa shape index (κ2) is 6.50. The lowest BCUT2D eigenvalue weighted by molar-refractivity contribution is -0.138. The van der Waals surface area contributed by atoms with Crippen LogP contribution in [0.4, 0.5) is 0 Å². The molecule has 1 aromatic rings. The van der Waals surface area contributed by atoms with Gasteiger partial charge in [-0.25, -0.2) is 0 Å². The molecule has 1 aromatic carbocycles. The van der Waals surface area contributed by atoms with E-state index in [1.807, 2.05) is 27.4 Å². The molecule has 0 saturated carbocycles. The van der Waals surface area contributed by atoms with E-state index in [4.69, 9.17) is 0 Å². The number of rotatable bonds is 1. The van der Waals surface area contributed by atoms with Crippen molar-refractivity contribution < 1.29 is 9.59 Å². The number of hydrogen-bond donors (Lipinski definition) is 0. The van der Waals surface area contributed by atoms with Gasteiger partial charge in [0, 0.05) is 7.05 Å². The zero-order valence-electron chi connectivity index (χ0n) is 14.1. The molecule has 2 amide bonds. The number of hydrogen-bond acceptors (Lipinski definition) is 2. The molecule has 120 valence electrons. The molecular formula is C18H26NO2P. The van der Waals surface area contributed by atoms with Crippen molar-refractivity contribution >= 4 is 20.4 Å². The average Bonchev–Trinajstić information content (AvgIpc) is 2.64. The van der Waals surface area contributed by atoms with E-state index >= 15 is 0 Å². The molecular weight excluding hydrogens is 293 g/mol. The smallest absolute Gasteiger partial charge is 0.236 e. The summed E-state index contributed by atoms with van der Waals surface area (Å²) < 4.78 is 0. The van der Waals surface area contributed by atoms with Crippen LogP contribution in [-0.2, 0) is 22.4 Å². The number of imide groups is 1. The van der Waals surface area contributed by atoms with Gasteiger partial charge >= 0.3 is 0 Å². The highest BCUT2D eigenvalue weighted by atomic mass is 31.1. The summed E-state index contributed by atoms with van der Waals surface area (Å²) in [7, 11) is 2.09. The lowest BCUT2D eigenvalue weighted by atomic mass is 9.79. The summed E-state index contributed by atoms with van der Waals surface area (Å²) in [6.07, 6.45) is 2.60. The van der Waals surface area contributed by atoms with Gasteiger partial charge in [0.2, 0.25) is 11.8 Å². The first kappa shape index (κ1) is 17.1. The number of carbonyl (C=O) groups is 2. The van der Waals surface area contributed by atoms with Crippen molar-refractivity contribution in [3.8, 4) is 0 Å². The number of amides is 2. The normalized spacial score (nSPS) is 24.1. The summed E-state index contributed by atoms with van der Waals surface area (Å²) in [5.74, 6) is -0.152. The van der Waals surface area contributed by atoms with Gasteiger partial charge in [-0.15, -0.1) is 8.58 Å². The molecule has 1 heterocycles. The van der Waals surface area contributed by atoms with Crippen LogP contribution in [0.5, 0.6) is 0 Å². The van der Waals surface area contributed by atoms with Crippen molar-refractivity contribution in [1.82, 2.24) is 4.90 Å². The maximum absolute atomic E-state index is 11.8. The number of nitrogens with zero attached hydrogens (tertiary/aromatic N) is 1. The lowest BCUT2D eigenvalue weighted by Gasteiger charge is -2.28. The first-order chi connectivity index (χ1) is 10.3. The molecule has 1 fully saturated rings. The first-order valence-electron chi connectivity index (χ1n) is 7.83. The molecule has 1 aliphatic heterocycles. The van der Waals surface area contributed by atoms with Crippen LogP contribution in [0.15, 0.2) is 24.3 Å². The van der Waals surface area contributed by atoms with Crippen LogP contribution in [-0.4, -0.2) is 36.1 Å². The summed E-state index contributed by atoms with van der Waals surface area (Å²) >= 11 is 0. The predicted octanol–water partition coefficient (Wildman–Crippen LogP) is 3.11. The van der Waals surface area contributed by atoms with Crippen molar-refractivity contribution in [3.05, 3.63) is 35.4 Å². The van der Waals surface area contributed by atoms with Crippen LogP contribution < -0.4 is 0 Å². The Morgan fingerprint density at radius 1 is 1.05 bits per heavy atom. The van der Waals surface area contributed by atoms with E-state index in [1.165, 1.54) is 17.7 Å². The molecule has 0 aromatic heterocycles. The Hall–Kier alpha value is -1.21. The number of fused-ring (bicyclic) bond motifs is 1. The lowest BCUT2D eigenvalue weighted by Crippen LogP contribution is -2.33. The Labute approximate surface area is 135 Å². The Morgan fingerprint density at radius 3 is 1.82 bits per heavy atom. The van der Waals surface area contributed by atoms with Gasteiger partial charge in [0.25, 0.3) is 0 Å². The number of carbonyl (C=O) groups excluding carboxylic acids is 2. The molecule has 0 spiro atoms. The van der Waals surface area contributed by atoms with Gasteiger partial charge in [0.1, 0.15) is 0 Å². The van der Waals surface area contributed by atoms with Crippen LogP contribution in [0.2, 0.25) is 0 Å². The third-order valence-corrected chi connectivity index (χ3v) is 5.75. The maximum Gasteiger partial charge on any atom is 0.236 e. The first-order valence-corrected chi connectivity index (χ1v) is 9.40. The third-order valence-electron chi connectivity index (χ3n) is 4.55. The van der Waals surface area contributed by atoms with E-state index in [2.05, 4.69) is 24.3 Å². The SMILES string of the molecule is CPC1C(=O)N(C)C(=O)C1C(C)(C)C.c1ccc2c(c1)CC2. The minimum Gasteiger partial charge on any atom is -0.285 e. The number of aryl methyl sites for hydroxylation is 2. The van der Waals surface area contributed by atoms with Gasteiger partial charge in [-0.1, -0.05) is 45.0 Å². The Kier molecular flexibility index (Phi) is 5.07. The molecule has 1 aliphatic carbocycles. The summed E-state index contributed by atoms with van der Waals surface area (Å²) in [6.45, 7) is 8.06. The van der Waals surface area contributed by atoms with Crippen LogP contribution in [0.3, 0.4) is 0 Å². The van der Waals surface area contributed by atoms with E-state index in [-0.39, 0.29) is 28.8 Å². The highest BCUT2D eigenvalue weighted by Gasteiger charge is 2.50. The van der Waals surface area contributed by atoms with Crippen molar-refractivity contribution in [2.45, 2.75) is 39.3 Å². The van der Waals surface area contributed by atoms with E-state index in [0.717, 1.165) is 0 Å². The van der Waals surface area contributed by atoms with Crippen molar-refractivity contribution in [1.29, 1.82) is 0 Å². The van der Waals surface area contributed by atoms with Crippen LogP contribution in [0, 0.1) is 11.3 Å². The minimum atomic E-state index is -0.136. The fourth-order valence-electron chi connectivity index (χ4n) is 3.11. The van der Waals surface area contributed by atoms with Gasteiger partial charge in [-0.05, 0) is 36.0 Å². The summed E-state index contributed by atoms with van der Waals surface area (Å²) in [4.78, 5) is 24.8. The Bertz CT molecular complexity index is 554. The molecule has 4 heteroatoms. The van der Waals surface area contributed by atoms with Crippen LogP contribution in [0.25, 0.3) is 0 Å². The monoisotopic (exact) mass is 319 g/mol. The molecule has 0 N–H and O–H groups in total. The maximum atomic E-state index is 11.8. The number of likely N-dealkylation sites (tertiary alicyclic amines) is 1. The standard InChI is InChI=1S/C10H18NO2P.C8H8/c1-10(2,3)6-7(14-5)9(13)11(4)8(6)12;1-2-4-8-6-5-7(8)3-1/h6-7,14H,1-5H3;1-4H,5-6H2. The van der Waals surface area contributed by atoms with Crippen molar-refractivity contribution in [2.75, 3.05) is 13.7 Å². The fraction of sp³-hybridized carbons (Fsp3) is 0.556. The summed E-state index contributed by atoms with van der Waals surface area (Å²) in [6, 6.07) is 8.63. The molecule has 0 bridgehead atoms. The van der Waals surface area contributed by atoms with Gasteiger partial charge in [0.05, 0.1) is 11.6 Å². The number of benzene rings is 1. The second-order valence-corrected chi connectivity index (χ2v) is 8.31. The average molecular weight is 319 g/mol. The zero-order chi connectivity index (χ0) is 16.5. The van der Waals surface area contributed by atoms with E-state index in [0.29, 0.717) is 8.58 Å². The highest BCUT2D eigenvalue weighted by molar-refractivity contribution is 7.39. The van der Waals surface area contributed by atoms with Gasteiger partial charge < -0.3 is 0 Å². The molecule has 22 heavy (non-hydrogen) atoms. The molecule has 0 radical (unpaired) electrons. The van der Waals surface area contributed by atoms with Crippen molar-refractivity contribution in [3.63, 3.8) is 0 Å². The topological polar surface area (TPSA) is 37.4 Å². The Morgan fingerprint density at radius 2 is 1.55 bits per heavy atom. The Balaban J connectivity index is 0.000000183. The summed E-state index contributed by atoms with van der Waals surface area (Å²) in [5.41, 5.74) is 2.89. The van der Waals surface area contributed by atoms with E-state index < -0.39 is 0 Å². The molecule has 3 unspecified atom stereocenters. The second-order valence-electron chi connectivity index (χ2n) is 7.11. The highest BCUT2D eigenvalue weighted by Crippen LogP contribution is 2.42. The van der Waals surface area contributed by atoms with Crippen LogP contribution in [0.1, 0.15) is 31.9 Å². The van der Waals surface area contributed by atoms with E-state index in [1.54, 1.807) is 18.2 Å². The minimum absolute atomic E-state index is 0.00393. The van der Waals surface area contributed by atoms with E-state index in [9.17, 15) is 9.59 Å². The van der Waals surface area contributed by atoms with Crippen LogP contribution >= 0.6 is 8.58 Å². The quantitative estimate of drug-likeness (QED) is 0.589. The third kappa shape index (κ3) is 3.25.